The summed E-state index contributed by atoms with van der Waals surface area (Å²) in [6.07, 6.45) is 10.0. The van der Waals surface area contributed by atoms with E-state index in [0.717, 1.165) is 12.0 Å². The number of rotatable bonds is 0. The van der Waals surface area contributed by atoms with Gasteiger partial charge in [-0.15, -0.1) is 83.1 Å². The maximum atomic E-state index is 3.72. The van der Waals surface area contributed by atoms with E-state index in [2.05, 4.69) is 80.6 Å². The Labute approximate surface area is 203 Å². The summed E-state index contributed by atoms with van der Waals surface area (Å²) in [6, 6.07) is 29.1. The standard InChI is InChI=1S/C13H9.C7H7.C5H5.2ClH.Si.Zr/c1-3-7-12-10(5-1)9-11-6-2-4-8-13(11)12;1-7-5-3-2-4-6-7;1-2-4-5-3-1;;;;/h1-9H;2-6H,1H2;1-3H,4H2;2*1H;;/q3*-1;;;;. The topological polar surface area (TPSA) is 0 Å². The first kappa shape index (κ1) is 27.6. The molecule has 4 aromatic carbocycles. The second-order valence-corrected chi connectivity index (χ2v) is 5.81. The van der Waals surface area contributed by atoms with E-state index in [4.69, 9.17) is 0 Å². The molecule has 0 saturated carbocycles. The molecule has 0 N–H and O–H groups in total. The number of hydrogen-bond acceptors (Lipinski definition) is 0. The second-order valence-electron chi connectivity index (χ2n) is 5.81. The molecule has 1 aliphatic rings. The van der Waals surface area contributed by atoms with Gasteiger partial charge in [-0.3, -0.25) is 6.08 Å². The van der Waals surface area contributed by atoms with Gasteiger partial charge in [0.25, 0.3) is 0 Å². The van der Waals surface area contributed by atoms with E-state index in [-0.39, 0.29) is 24.8 Å². The summed E-state index contributed by atoms with van der Waals surface area (Å²) in [5.74, 6) is 0. The van der Waals surface area contributed by atoms with E-state index < -0.39 is 0 Å². The van der Waals surface area contributed by atoms with Crippen molar-refractivity contribution in [1.82, 2.24) is 0 Å². The summed E-state index contributed by atoms with van der Waals surface area (Å²) < 4.78 is 0. The maximum Gasteiger partial charge on any atom is -0.0771 e. The summed E-state index contributed by atoms with van der Waals surface area (Å²) in [7, 11) is 0. The van der Waals surface area contributed by atoms with Crippen LogP contribution < -0.4 is 0 Å². The molecule has 4 aromatic rings. The largest absolute Gasteiger partial charge is 0.126 e. The fourth-order valence-electron chi connectivity index (χ4n) is 2.72. The quantitative estimate of drug-likeness (QED) is 0.170. The summed E-state index contributed by atoms with van der Waals surface area (Å²) >= 11 is 1.36. The molecule has 0 fully saturated rings. The summed E-state index contributed by atoms with van der Waals surface area (Å²) in [6.45, 7) is 6.78. The molecule has 0 spiro atoms. The molecule has 5 rings (SSSR count). The average Bonchev–Trinajstić information content (AvgIpc) is 3.42. The Balaban J connectivity index is 0.000000420. The molecule has 0 atom stereocenters. The first-order chi connectivity index (χ1) is 13.3. The molecule has 0 amide bonds. The van der Waals surface area contributed by atoms with Crippen LogP contribution >= 0.6 is 24.8 Å². The third-order valence-corrected chi connectivity index (χ3v) is 3.95. The van der Waals surface area contributed by atoms with Gasteiger partial charge in [0.1, 0.15) is 0 Å². The summed E-state index contributed by atoms with van der Waals surface area (Å²) in [5.41, 5.74) is 1.07. The molecule has 148 valence electrons. The van der Waals surface area contributed by atoms with Gasteiger partial charge in [0.2, 0.25) is 0 Å². The van der Waals surface area contributed by atoms with Crippen LogP contribution in [0.2, 0.25) is 0 Å². The first-order valence-corrected chi connectivity index (χ1v) is 12.9. The number of hydrogen-bond donors (Lipinski definition) is 0. The van der Waals surface area contributed by atoms with Gasteiger partial charge in [-0.2, -0.15) is 30.7 Å². The van der Waals surface area contributed by atoms with Gasteiger partial charge in [-0.25, -0.2) is 12.2 Å². The van der Waals surface area contributed by atoms with E-state index in [1.165, 1.54) is 44.9 Å². The normalized spacial score (nSPS) is 10.2. The molecule has 0 saturated heterocycles. The zero-order valence-corrected chi connectivity index (χ0v) is 21.1. The minimum Gasteiger partial charge on any atom is -0.126 e. The molecule has 0 nitrogen and oxygen atoms in total. The van der Waals surface area contributed by atoms with Crippen molar-refractivity contribution < 1.29 is 23.3 Å². The molecular weight excluding hydrogens is 490 g/mol. The van der Waals surface area contributed by atoms with Crippen LogP contribution in [0.1, 0.15) is 12.0 Å². The van der Waals surface area contributed by atoms with Gasteiger partial charge in [0.15, 0.2) is 0 Å². The summed E-state index contributed by atoms with van der Waals surface area (Å²) in [5, 5.41) is 5.39. The molecule has 29 heavy (non-hydrogen) atoms. The Morgan fingerprint density at radius 1 is 0.759 bits per heavy atom. The predicted molar refractivity (Wildman–Crippen MR) is 130 cm³/mol. The van der Waals surface area contributed by atoms with Crippen LogP contribution in [0.15, 0.2) is 103 Å². The van der Waals surface area contributed by atoms with Crippen LogP contribution in [0.4, 0.5) is 0 Å². The van der Waals surface area contributed by atoms with Crippen molar-refractivity contribution in [2.45, 2.75) is 6.42 Å². The van der Waals surface area contributed by atoms with Gasteiger partial charge in [-0.1, -0.05) is 42.5 Å². The second kappa shape index (κ2) is 16.4. The summed E-state index contributed by atoms with van der Waals surface area (Å²) in [4.78, 5) is 0. The van der Waals surface area contributed by atoms with Crippen LogP contribution in [-0.2, 0) is 23.3 Å². The monoisotopic (exact) mass is 511 g/mol. The molecule has 1 aliphatic carbocycles. The van der Waals surface area contributed by atoms with Crippen LogP contribution in [0.5, 0.6) is 0 Å². The van der Waals surface area contributed by atoms with Crippen molar-refractivity contribution in [3.8, 4) is 0 Å². The molecule has 0 aromatic heterocycles. The maximum absolute atomic E-state index is 3.72. The predicted octanol–water partition coefficient (Wildman–Crippen LogP) is 7.35. The Morgan fingerprint density at radius 2 is 1.24 bits per heavy atom. The Kier molecular flexibility index (Phi) is 15.6. The Morgan fingerprint density at radius 3 is 1.59 bits per heavy atom. The Hall–Kier alpha value is -1.44. The number of fused-ring (bicyclic) bond motifs is 3. The average molecular weight is 514 g/mol. The van der Waals surface area contributed by atoms with E-state index in [9.17, 15) is 0 Å². The van der Waals surface area contributed by atoms with Gasteiger partial charge < -0.3 is 0 Å². The Bertz CT molecular complexity index is 947. The van der Waals surface area contributed by atoms with E-state index in [0.29, 0.717) is 0 Å². The van der Waals surface area contributed by atoms with Crippen LogP contribution in [-0.4, -0.2) is 6.88 Å². The van der Waals surface area contributed by atoms with E-state index >= 15 is 0 Å². The molecule has 0 unspecified atom stereocenters. The third-order valence-electron chi connectivity index (χ3n) is 3.95. The first-order valence-electron chi connectivity index (χ1n) is 8.71. The number of allylic oxidation sites excluding steroid dienone is 4. The zero-order valence-electron chi connectivity index (χ0n) is 16.0. The molecule has 0 bridgehead atoms. The van der Waals surface area contributed by atoms with Crippen molar-refractivity contribution in [1.29, 1.82) is 0 Å². The minimum atomic E-state index is 0. The molecule has 4 heteroatoms. The SMILES string of the molecule is Cl.Cl.[C-]1=CC=CC1.[CH2-]c1ccccc1.[Si]=[Zr].c1ccc2c(c1)[cH-]c1ccccc12. The van der Waals surface area contributed by atoms with Gasteiger partial charge >= 0.3 is 30.2 Å². The van der Waals surface area contributed by atoms with Crippen molar-refractivity contribution >= 4 is 53.2 Å². The van der Waals surface area contributed by atoms with Crippen molar-refractivity contribution in [3.05, 3.63) is 122 Å². The van der Waals surface area contributed by atoms with Crippen molar-refractivity contribution in [2.75, 3.05) is 0 Å². The fraction of sp³-hybridized carbons (Fsp3) is 0.0400. The fourth-order valence-corrected chi connectivity index (χ4v) is 2.72. The number of benzene rings is 3. The molecule has 0 heterocycles. The molecule has 0 aliphatic heterocycles. The van der Waals surface area contributed by atoms with Gasteiger partial charge in [0, 0.05) is 0 Å². The van der Waals surface area contributed by atoms with E-state index in [1.807, 2.05) is 42.5 Å². The van der Waals surface area contributed by atoms with E-state index in [1.54, 1.807) is 0 Å². The van der Waals surface area contributed by atoms with Gasteiger partial charge in [0.05, 0.1) is 0 Å². The van der Waals surface area contributed by atoms with Crippen LogP contribution in [0, 0.1) is 13.0 Å². The number of halogens is 2. The molecule has 2 radical (unpaired) electrons. The smallest absolute Gasteiger partial charge is 0.0771 e. The van der Waals surface area contributed by atoms with Crippen LogP contribution in [0.3, 0.4) is 0 Å². The minimum absolute atomic E-state index is 0. The third kappa shape index (κ3) is 9.28. The van der Waals surface area contributed by atoms with Crippen LogP contribution in [0.25, 0.3) is 21.5 Å². The molecular formula is C25H23Cl2SiZr-3. The zero-order chi connectivity index (χ0) is 19.3. The van der Waals surface area contributed by atoms with Crippen molar-refractivity contribution in [3.63, 3.8) is 0 Å². The van der Waals surface area contributed by atoms with Gasteiger partial charge in [-0.05, 0) is 0 Å². The van der Waals surface area contributed by atoms with Crippen molar-refractivity contribution in [2.24, 2.45) is 0 Å².